The second kappa shape index (κ2) is 8.24. The molecular weight excluding hydrogens is 441 g/mol. The molecule has 0 atom stereocenters. The van der Waals surface area contributed by atoms with Crippen LogP contribution in [0.4, 0.5) is 10.2 Å². The minimum absolute atomic E-state index is 0.0125. The monoisotopic (exact) mass is 467 g/mol. The molecule has 1 aromatic carbocycles. The van der Waals surface area contributed by atoms with Crippen molar-refractivity contribution in [3.05, 3.63) is 63.2 Å². The number of anilines is 1. The summed E-state index contributed by atoms with van der Waals surface area (Å²) in [5, 5.41) is 0.524. The molecule has 33 heavy (non-hydrogen) atoms. The molecule has 2 aromatic heterocycles. The first kappa shape index (κ1) is 22.1. The van der Waals surface area contributed by atoms with Gasteiger partial charge in [-0.2, -0.15) is 0 Å². The molecule has 7 heteroatoms. The number of hydrogen-bond donors (Lipinski definition) is 0. The standard InChI is InChI=1S/C26H27ClFN3O2/c1-30(2)23-6-4-18-24(33)19(22(32)14-26-10-7-16(8-11-26)9-12-26)15-31(25(18)29-23)21-5-3-17(28)13-20(21)27/h3-6,13,15-16H,7-12,14H2,1-2H3. The SMILES string of the molecule is CN(C)c1ccc2c(=O)c(C(=O)CC34CCC(CC3)CC4)cn(-c3ccc(F)cc3Cl)c2n1. The molecule has 172 valence electrons. The average molecular weight is 468 g/mol. The maximum absolute atomic E-state index is 13.7. The fourth-order valence-electron chi connectivity index (χ4n) is 5.54. The Labute approximate surface area is 197 Å². The van der Waals surface area contributed by atoms with Crippen LogP contribution in [-0.2, 0) is 0 Å². The summed E-state index contributed by atoms with van der Waals surface area (Å²) >= 11 is 6.38. The van der Waals surface area contributed by atoms with Crippen LogP contribution in [0.25, 0.3) is 16.7 Å². The summed E-state index contributed by atoms with van der Waals surface area (Å²) in [6.45, 7) is 0. The van der Waals surface area contributed by atoms with E-state index in [1.165, 1.54) is 31.4 Å². The van der Waals surface area contributed by atoms with Gasteiger partial charge in [-0.3, -0.25) is 14.2 Å². The highest BCUT2D eigenvalue weighted by atomic mass is 35.5. The van der Waals surface area contributed by atoms with E-state index in [9.17, 15) is 14.0 Å². The molecule has 0 aliphatic heterocycles. The predicted octanol–water partition coefficient (Wildman–Crippen LogP) is 5.79. The molecule has 3 fully saturated rings. The summed E-state index contributed by atoms with van der Waals surface area (Å²) in [5.41, 5.74) is 0.690. The van der Waals surface area contributed by atoms with Crippen LogP contribution in [-0.4, -0.2) is 29.4 Å². The first-order valence-corrected chi connectivity index (χ1v) is 11.9. The van der Waals surface area contributed by atoms with Gasteiger partial charge in [-0.1, -0.05) is 11.6 Å². The first-order chi connectivity index (χ1) is 15.8. The van der Waals surface area contributed by atoms with Crippen LogP contribution in [0.1, 0.15) is 55.3 Å². The van der Waals surface area contributed by atoms with E-state index in [0.29, 0.717) is 29.0 Å². The molecule has 0 unspecified atom stereocenters. The molecular formula is C26H27ClFN3O2. The van der Waals surface area contributed by atoms with Gasteiger partial charge in [0.05, 0.1) is 21.7 Å². The second-order valence-electron chi connectivity index (χ2n) is 9.85. The summed E-state index contributed by atoms with van der Waals surface area (Å²) in [6.07, 6.45) is 8.64. The number of fused-ring (bicyclic) bond motifs is 4. The minimum atomic E-state index is -0.459. The van der Waals surface area contributed by atoms with Crippen molar-refractivity contribution in [2.24, 2.45) is 11.3 Å². The van der Waals surface area contributed by atoms with E-state index in [-0.39, 0.29) is 27.2 Å². The van der Waals surface area contributed by atoms with E-state index in [2.05, 4.69) is 4.98 Å². The zero-order valence-electron chi connectivity index (χ0n) is 18.9. The molecule has 6 rings (SSSR count). The molecule has 0 saturated heterocycles. The van der Waals surface area contributed by atoms with E-state index in [1.54, 1.807) is 29.0 Å². The summed E-state index contributed by atoms with van der Waals surface area (Å²) in [5.74, 6) is 0.869. The van der Waals surface area contributed by atoms with Crippen LogP contribution >= 0.6 is 11.6 Å². The van der Waals surface area contributed by atoms with E-state index >= 15 is 0 Å². The number of carbonyl (C=O) groups is 1. The van der Waals surface area contributed by atoms with Gasteiger partial charge in [-0.05, 0) is 80.2 Å². The number of pyridine rings is 2. The zero-order valence-corrected chi connectivity index (χ0v) is 19.7. The largest absolute Gasteiger partial charge is 0.363 e. The van der Waals surface area contributed by atoms with Crippen molar-refractivity contribution >= 4 is 34.2 Å². The average Bonchev–Trinajstić information content (AvgIpc) is 2.80. The Kier molecular flexibility index (Phi) is 5.52. The van der Waals surface area contributed by atoms with Crippen LogP contribution in [0.5, 0.6) is 0 Å². The highest BCUT2D eigenvalue weighted by Gasteiger charge is 2.42. The van der Waals surface area contributed by atoms with Crippen molar-refractivity contribution in [3.8, 4) is 5.69 Å². The zero-order chi connectivity index (χ0) is 23.3. The lowest BCUT2D eigenvalue weighted by Crippen LogP contribution is -2.36. The van der Waals surface area contributed by atoms with Gasteiger partial charge in [0, 0.05) is 26.7 Å². The van der Waals surface area contributed by atoms with Gasteiger partial charge in [0.1, 0.15) is 11.6 Å². The van der Waals surface area contributed by atoms with Crippen molar-refractivity contribution in [3.63, 3.8) is 0 Å². The molecule has 5 nitrogen and oxygen atoms in total. The summed E-state index contributed by atoms with van der Waals surface area (Å²) in [7, 11) is 3.72. The molecule has 2 heterocycles. The number of halogens is 2. The highest BCUT2D eigenvalue weighted by molar-refractivity contribution is 6.32. The Hall–Kier alpha value is -2.73. The van der Waals surface area contributed by atoms with Crippen LogP contribution in [0.3, 0.4) is 0 Å². The number of ketones is 1. The lowest BCUT2D eigenvalue weighted by atomic mass is 9.59. The normalized spacial score (nSPS) is 22.0. The molecule has 0 amide bonds. The number of carbonyl (C=O) groups excluding carboxylic acids is 1. The van der Waals surface area contributed by atoms with E-state index in [1.807, 2.05) is 19.0 Å². The first-order valence-electron chi connectivity index (χ1n) is 11.5. The van der Waals surface area contributed by atoms with Gasteiger partial charge in [0.15, 0.2) is 11.4 Å². The Morgan fingerprint density at radius 3 is 2.52 bits per heavy atom. The third kappa shape index (κ3) is 3.95. The van der Waals surface area contributed by atoms with E-state index in [4.69, 9.17) is 11.6 Å². The molecule has 0 radical (unpaired) electrons. The van der Waals surface area contributed by atoms with Crippen LogP contribution < -0.4 is 10.3 Å². The maximum Gasteiger partial charge on any atom is 0.201 e. The third-order valence-electron chi connectivity index (χ3n) is 7.55. The van der Waals surface area contributed by atoms with E-state index in [0.717, 1.165) is 25.2 Å². The van der Waals surface area contributed by atoms with Gasteiger partial charge in [0.2, 0.25) is 5.43 Å². The molecule has 2 bridgehead atoms. The van der Waals surface area contributed by atoms with Crippen molar-refractivity contribution in [2.75, 3.05) is 19.0 Å². The van der Waals surface area contributed by atoms with Crippen molar-refractivity contribution in [2.45, 2.75) is 44.9 Å². The fraction of sp³-hybridized carbons (Fsp3) is 0.423. The molecule has 0 N–H and O–H groups in total. The van der Waals surface area contributed by atoms with Crippen molar-refractivity contribution in [1.82, 2.24) is 9.55 Å². The highest BCUT2D eigenvalue weighted by Crippen LogP contribution is 2.52. The maximum atomic E-state index is 13.7. The molecule has 3 aliphatic rings. The third-order valence-corrected chi connectivity index (χ3v) is 7.85. The second-order valence-corrected chi connectivity index (χ2v) is 10.3. The number of aromatic nitrogens is 2. The van der Waals surface area contributed by atoms with Crippen LogP contribution in [0.15, 0.2) is 41.3 Å². The number of hydrogen-bond acceptors (Lipinski definition) is 4. The van der Waals surface area contributed by atoms with Crippen molar-refractivity contribution < 1.29 is 9.18 Å². The quantitative estimate of drug-likeness (QED) is 0.446. The Balaban J connectivity index is 1.66. The van der Waals surface area contributed by atoms with E-state index < -0.39 is 5.82 Å². The fourth-order valence-corrected chi connectivity index (χ4v) is 5.80. The number of benzene rings is 1. The number of Topliss-reactive ketones (excluding diaryl/α,β-unsaturated/α-hetero) is 1. The number of rotatable bonds is 5. The minimum Gasteiger partial charge on any atom is -0.363 e. The molecule has 3 aromatic rings. The van der Waals surface area contributed by atoms with Gasteiger partial charge >= 0.3 is 0 Å². The molecule has 0 spiro atoms. The van der Waals surface area contributed by atoms with Gasteiger partial charge < -0.3 is 4.90 Å². The summed E-state index contributed by atoms with van der Waals surface area (Å²) < 4.78 is 15.4. The van der Waals surface area contributed by atoms with Crippen LogP contribution in [0, 0.1) is 17.2 Å². The topological polar surface area (TPSA) is 55.2 Å². The van der Waals surface area contributed by atoms with Gasteiger partial charge in [-0.15, -0.1) is 0 Å². The lowest BCUT2D eigenvalue weighted by Gasteiger charge is -2.46. The van der Waals surface area contributed by atoms with Crippen LogP contribution in [0.2, 0.25) is 5.02 Å². The summed E-state index contributed by atoms with van der Waals surface area (Å²) in [4.78, 5) is 33.4. The Bertz CT molecular complexity index is 1300. The Morgan fingerprint density at radius 1 is 1.18 bits per heavy atom. The lowest BCUT2D eigenvalue weighted by molar-refractivity contribution is 0.0495. The summed E-state index contributed by atoms with van der Waals surface area (Å²) in [6, 6.07) is 7.53. The smallest absolute Gasteiger partial charge is 0.201 e. The number of nitrogens with zero attached hydrogens (tertiary/aromatic N) is 3. The van der Waals surface area contributed by atoms with Gasteiger partial charge in [0.25, 0.3) is 0 Å². The Morgan fingerprint density at radius 2 is 1.88 bits per heavy atom. The molecule has 3 aliphatic carbocycles. The van der Waals surface area contributed by atoms with Gasteiger partial charge in [-0.25, -0.2) is 9.37 Å². The van der Waals surface area contributed by atoms with Crippen molar-refractivity contribution in [1.29, 1.82) is 0 Å². The molecule has 3 saturated carbocycles. The predicted molar refractivity (Wildman–Crippen MR) is 129 cm³/mol.